The van der Waals surface area contributed by atoms with Gasteiger partial charge in [-0.1, -0.05) is 184 Å². The molecule has 2 aromatic heterocycles. The third-order valence-corrected chi connectivity index (χ3v) is 15.9. The fourth-order valence-corrected chi connectivity index (χ4v) is 11.6. The summed E-state index contributed by atoms with van der Waals surface area (Å²) in [7, 11) is 0. The maximum atomic E-state index is 6.97. The first-order valence-electron chi connectivity index (χ1n) is 27.1. The quantitative estimate of drug-likeness (QED) is 0.173. The molecule has 0 aliphatic carbocycles. The monoisotopic (exact) mass is 1000 g/mol. The second kappa shape index (κ2) is 18.0. The molecular weight excluding hydrogens is 937 g/mol. The first kappa shape index (κ1) is 48.0. The van der Waals surface area contributed by atoms with Crippen molar-refractivity contribution in [2.45, 2.75) is 78.6 Å². The van der Waals surface area contributed by atoms with Gasteiger partial charge in [-0.05, 0) is 145 Å². The highest BCUT2D eigenvalue weighted by Gasteiger charge is 2.34. The van der Waals surface area contributed by atoms with E-state index >= 15 is 0 Å². The van der Waals surface area contributed by atoms with Crippen LogP contribution in [0.15, 0.2) is 212 Å². The number of hydrogen-bond acceptors (Lipinski definition) is 4. The van der Waals surface area contributed by atoms with Crippen LogP contribution in [0.3, 0.4) is 0 Å². The zero-order valence-corrected chi connectivity index (χ0v) is 45.6. The SMILES string of the molecule is CC(C)(C)c1ccc(-c2ccc3c(c2)c2ccc4cc2n3-c2cccc(n2)-c2cccc(c2)-c2ccccc2-c2cc(C(C)(C)C)cc(-c3cccc(C(C)(C)C)c3)c2N2CN(c3cccc(c3)O4)c3ccccc32)cc1. The van der Waals surface area contributed by atoms with Crippen molar-refractivity contribution < 1.29 is 4.74 Å². The third-order valence-electron chi connectivity index (χ3n) is 15.9. The summed E-state index contributed by atoms with van der Waals surface area (Å²) < 4.78 is 9.27. The van der Waals surface area contributed by atoms with Gasteiger partial charge in [0, 0.05) is 45.3 Å². The van der Waals surface area contributed by atoms with E-state index in [9.17, 15) is 0 Å². The lowest BCUT2D eigenvalue weighted by Crippen LogP contribution is -2.25. The van der Waals surface area contributed by atoms with Gasteiger partial charge in [0.2, 0.25) is 0 Å². The fraction of sp³-hybridized carbons (Fsp3) is 0.181. The highest BCUT2D eigenvalue weighted by Crippen LogP contribution is 2.53. The van der Waals surface area contributed by atoms with E-state index in [2.05, 4.69) is 289 Å². The standard InChI is InChI=1S/C72H64N4O/c1-70(2,3)51-33-30-46(31-34-51)47-32-37-64-61(40-47)59-36-35-56-44-67(59)76(64)68-29-17-26-63(73-68)50-20-14-18-48(38-50)57-24-10-11-25-58(57)62-42-53(72(7,8)9)41-60(49-19-15-21-52(39-49)71(4,5)6)69(62)75-45-74(65-27-12-13-28-66(65)75)54-22-16-23-55(43-54)77-56/h10-44H,45H2,1-9H3. The predicted molar refractivity (Wildman–Crippen MR) is 324 cm³/mol. The number of pyridine rings is 1. The summed E-state index contributed by atoms with van der Waals surface area (Å²) in [6.07, 6.45) is 0. The Morgan fingerprint density at radius 1 is 0.377 bits per heavy atom. The van der Waals surface area contributed by atoms with E-state index in [1.165, 1.54) is 55.8 Å². The van der Waals surface area contributed by atoms with Crippen LogP contribution in [-0.4, -0.2) is 16.2 Å². The van der Waals surface area contributed by atoms with Crippen molar-refractivity contribution in [3.8, 4) is 73.1 Å². The minimum atomic E-state index is -0.148. The average molecular weight is 1000 g/mol. The second-order valence-corrected chi connectivity index (χ2v) is 24.2. The van der Waals surface area contributed by atoms with Gasteiger partial charge in [-0.3, -0.25) is 4.57 Å². The van der Waals surface area contributed by atoms with Gasteiger partial charge in [0.1, 0.15) is 24.0 Å². The molecule has 0 saturated heterocycles. The molecule has 0 N–H and O–H groups in total. The van der Waals surface area contributed by atoms with E-state index < -0.39 is 0 Å². The van der Waals surface area contributed by atoms with Crippen molar-refractivity contribution >= 4 is 44.6 Å². The van der Waals surface area contributed by atoms with Crippen molar-refractivity contribution in [1.29, 1.82) is 0 Å². The normalized spacial score (nSPS) is 13.3. The number of aromatic nitrogens is 2. The molecule has 13 rings (SSSR count). The molecular formula is C72H64N4O. The van der Waals surface area contributed by atoms with E-state index in [4.69, 9.17) is 9.72 Å². The molecule has 0 fully saturated rings. The zero-order chi connectivity index (χ0) is 53.0. The van der Waals surface area contributed by atoms with Gasteiger partial charge in [0.15, 0.2) is 0 Å². The van der Waals surface area contributed by atoms with Crippen molar-refractivity contribution in [2.75, 3.05) is 16.5 Å². The molecule has 11 aromatic rings. The highest BCUT2D eigenvalue weighted by atomic mass is 16.5. The van der Waals surface area contributed by atoms with Gasteiger partial charge in [-0.15, -0.1) is 0 Å². The van der Waals surface area contributed by atoms with E-state index in [-0.39, 0.29) is 16.2 Å². The Hall–Kier alpha value is -8.67. The number of hydrogen-bond donors (Lipinski definition) is 0. The number of benzene rings is 9. The van der Waals surface area contributed by atoms with Crippen molar-refractivity contribution in [3.05, 3.63) is 229 Å². The van der Waals surface area contributed by atoms with Gasteiger partial charge < -0.3 is 14.5 Å². The lowest BCUT2D eigenvalue weighted by Gasteiger charge is -2.31. The molecule has 0 amide bonds. The van der Waals surface area contributed by atoms with Crippen molar-refractivity contribution in [1.82, 2.24) is 9.55 Å². The van der Waals surface area contributed by atoms with Gasteiger partial charge in [0.05, 0.1) is 33.8 Å². The molecule has 0 atom stereocenters. The van der Waals surface area contributed by atoms with Crippen LogP contribution in [0.25, 0.3) is 83.4 Å². The summed E-state index contributed by atoms with van der Waals surface area (Å²) in [5, 5.41) is 2.29. The number of nitrogens with zero attached hydrogens (tertiary/aromatic N) is 4. The molecule has 0 saturated carbocycles. The number of rotatable bonds is 2. The van der Waals surface area contributed by atoms with Crippen LogP contribution in [0.2, 0.25) is 0 Å². The Kier molecular flexibility index (Phi) is 11.2. The lowest BCUT2D eigenvalue weighted by molar-refractivity contribution is 0.483. The van der Waals surface area contributed by atoms with Crippen LogP contribution in [0.5, 0.6) is 11.5 Å². The molecule has 5 nitrogen and oxygen atoms in total. The van der Waals surface area contributed by atoms with Crippen LogP contribution in [0, 0.1) is 0 Å². The van der Waals surface area contributed by atoms with E-state index in [0.717, 1.165) is 78.6 Å². The minimum Gasteiger partial charge on any atom is -0.457 e. The summed E-state index contributed by atoms with van der Waals surface area (Å²) in [6.45, 7) is 21.3. The summed E-state index contributed by atoms with van der Waals surface area (Å²) in [5.74, 6) is 2.35. The molecule has 10 bridgehead atoms. The van der Waals surface area contributed by atoms with Gasteiger partial charge in [-0.25, -0.2) is 4.98 Å². The molecule has 2 aliphatic heterocycles. The Bertz CT molecular complexity index is 4120. The Morgan fingerprint density at radius 3 is 1.78 bits per heavy atom. The van der Waals surface area contributed by atoms with Crippen LogP contribution < -0.4 is 14.5 Å². The van der Waals surface area contributed by atoms with Crippen molar-refractivity contribution in [2.24, 2.45) is 0 Å². The Balaban J connectivity index is 1.06. The van der Waals surface area contributed by atoms with Crippen LogP contribution in [-0.2, 0) is 16.2 Å². The highest BCUT2D eigenvalue weighted by molar-refractivity contribution is 6.11. The van der Waals surface area contributed by atoms with Gasteiger partial charge in [-0.2, -0.15) is 0 Å². The summed E-state index contributed by atoms with van der Waals surface area (Å²) >= 11 is 0. The second-order valence-electron chi connectivity index (χ2n) is 24.2. The van der Waals surface area contributed by atoms with Crippen LogP contribution in [0.1, 0.15) is 79.0 Å². The maximum absolute atomic E-state index is 6.97. The summed E-state index contributed by atoms with van der Waals surface area (Å²) in [5.41, 5.74) is 21.7. The van der Waals surface area contributed by atoms with Gasteiger partial charge >= 0.3 is 0 Å². The minimum absolute atomic E-state index is 0.0383. The van der Waals surface area contributed by atoms with E-state index in [1.807, 2.05) is 0 Å². The zero-order valence-electron chi connectivity index (χ0n) is 45.6. The first-order valence-corrected chi connectivity index (χ1v) is 27.1. The van der Waals surface area contributed by atoms with Crippen molar-refractivity contribution in [3.63, 3.8) is 0 Å². The Morgan fingerprint density at radius 2 is 1.01 bits per heavy atom. The molecule has 5 heteroatoms. The number of ether oxygens (including phenoxy) is 1. The smallest absolute Gasteiger partial charge is 0.138 e. The topological polar surface area (TPSA) is 33.5 Å². The predicted octanol–water partition coefficient (Wildman–Crippen LogP) is 19.8. The lowest BCUT2D eigenvalue weighted by atomic mass is 9.80. The number of anilines is 4. The first-order chi connectivity index (χ1) is 37.0. The van der Waals surface area contributed by atoms with Crippen LogP contribution in [0.4, 0.5) is 22.7 Å². The number of fused-ring (bicyclic) bond motifs is 23. The fourth-order valence-electron chi connectivity index (χ4n) is 11.6. The average Bonchev–Trinajstić information content (AvgIpc) is 4.18. The van der Waals surface area contributed by atoms with Crippen LogP contribution >= 0.6 is 0 Å². The molecule has 2 aliphatic rings. The van der Waals surface area contributed by atoms with E-state index in [1.54, 1.807) is 0 Å². The summed E-state index contributed by atoms with van der Waals surface area (Å²) in [6, 6.07) is 78.3. The largest absolute Gasteiger partial charge is 0.457 e. The third kappa shape index (κ3) is 8.55. The number of para-hydroxylation sites is 2. The van der Waals surface area contributed by atoms with E-state index in [0.29, 0.717) is 6.67 Å². The molecule has 378 valence electrons. The molecule has 0 spiro atoms. The molecule has 4 heterocycles. The molecule has 0 unspecified atom stereocenters. The molecule has 77 heavy (non-hydrogen) atoms. The molecule has 9 aromatic carbocycles. The molecule has 0 radical (unpaired) electrons. The van der Waals surface area contributed by atoms with Gasteiger partial charge in [0.25, 0.3) is 0 Å². The summed E-state index contributed by atoms with van der Waals surface area (Å²) in [4.78, 5) is 10.5. The Labute approximate surface area is 453 Å². The maximum Gasteiger partial charge on any atom is 0.138 e.